The number of urea groups is 1. The van der Waals surface area contributed by atoms with Crippen LogP contribution in [-0.4, -0.2) is 47.3 Å². The number of aryl methyl sites for hydroxylation is 5. The van der Waals surface area contributed by atoms with E-state index in [4.69, 9.17) is 0 Å². The summed E-state index contributed by atoms with van der Waals surface area (Å²) in [6, 6.07) is 14.4. The van der Waals surface area contributed by atoms with Crippen molar-refractivity contribution in [3.63, 3.8) is 0 Å². The summed E-state index contributed by atoms with van der Waals surface area (Å²) >= 11 is 0. The molecule has 0 radical (unpaired) electrons. The highest BCUT2D eigenvalue weighted by Gasteiger charge is 2.22. The van der Waals surface area contributed by atoms with Crippen LogP contribution in [-0.2, 0) is 0 Å². The highest BCUT2D eigenvalue weighted by molar-refractivity contribution is 5.89. The molecule has 3 aromatic rings. The van der Waals surface area contributed by atoms with E-state index in [9.17, 15) is 4.79 Å². The standard InChI is InChI=1S/C26H31N5O/c1-17-6-7-22(15-19(17)3)27-26(32)31-12-10-30(11-13-31)25-9-8-24(28-29-25)23-16-20(4)18(2)14-21(23)5/h6-9,14-16H,10-13H2,1-5H3,(H,27,32). The minimum atomic E-state index is -0.0560. The van der Waals surface area contributed by atoms with Crippen LogP contribution in [0.2, 0.25) is 0 Å². The van der Waals surface area contributed by atoms with Crippen molar-refractivity contribution in [2.45, 2.75) is 34.6 Å². The summed E-state index contributed by atoms with van der Waals surface area (Å²) in [7, 11) is 0. The molecule has 0 bridgehead atoms. The summed E-state index contributed by atoms with van der Waals surface area (Å²) < 4.78 is 0. The molecule has 0 aliphatic carbocycles. The Morgan fingerprint density at radius 3 is 2.09 bits per heavy atom. The SMILES string of the molecule is Cc1ccc(NC(=O)N2CCN(c3ccc(-c4cc(C)c(C)cc4C)nn3)CC2)cc1C. The molecule has 1 aliphatic heterocycles. The summed E-state index contributed by atoms with van der Waals surface area (Å²) in [6.07, 6.45) is 0. The molecule has 6 heteroatoms. The van der Waals surface area contributed by atoms with Crippen molar-refractivity contribution in [3.05, 3.63) is 70.3 Å². The molecule has 1 aromatic heterocycles. The first kappa shape index (κ1) is 21.8. The van der Waals surface area contributed by atoms with Gasteiger partial charge in [0, 0.05) is 37.4 Å². The molecule has 0 atom stereocenters. The van der Waals surface area contributed by atoms with Crippen LogP contribution in [0.25, 0.3) is 11.3 Å². The third kappa shape index (κ3) is 4.59. The van der Waals surface area contributed by atoms with Crippen LogP contribution < -0.4 is 10.2 Å². The molecule has 1 aliphatic rings. The number of hydrogen-bond acceptors (Lipinski definition) is 4. The highest BCUT2D eigenvalue weighted by atomic mass is 16.2. The monoisotopic (exact) mass is 429 g/mol. The fourth-order valence-corrected chi connectivity index (χ4v) is 4.03. The number of anilines is 2. The van der Waals surface area contributed by atoms with Crippen LogP contribution in [0.15, 0.2) is 42.5 Å². The number of aromatic nitrogens is 2. The number of nitrogens with one attached hydrogen (secondary N) is 1. The highest BCUT2D eigenvalue weighted by Crippen LogP contribution is 2.26. The first-order valence-electron chi connectivity index (χ1n) is 11.1. The Morgan fingerprint density at radius 2 is 1.44 bits per heavy atom. The molecular weight excluding hydrogens is 398 g/mol. The second kappa shape index (κ2) is 8.99. The van der Waals surface area contributed by atoms with Crippen LogP contribution in [0.3, 0.4) is 0 Å². The van der Waals surface area contributed by atoms with Gasteiger partial charge in [-0.2, -0.15) is 0 Å². The average molecular weight is 430 g/mol. The second-order valence-corrected chi connectivity index (χ2v) is 8.73. The van der Waals surface area contributed by atoms with Gasteiger partial charge in [-0.25, -0.2) is 4.79 Å². The maximum absolute atomic E-state index is 12.7. The molecule has 4 rings (SSSR count). The summed E-state index contributed by atoms with van der Waals surface area (Å²) in [5, 5.41) is 12.0. The maximum Gasteiger partial charge on any atom is 0.321 e. The van der Waals surface area contributed by atoms with Crippen molar-refractivity contribution in [2.24, 2.45) is 0 Å². The van der Waals surface area contributed by atoms with Gasteiger partial charge in [-0.05, 0) is 92.8 Å². The van der Waals surface area contributed by atoms with Crippen LogP contribution in [0.5, 0.6) is 0 Å². The Bertz CT molecular complexity index is 1130. The minimum Gasteiger partial charge on any atom is -0.352 e. The van der Waals surface area contributed by atoms with Gasteiger partial charge in [0.25, 0.3) is 0 Å². The molecule has 2 heterocycles. The Kier molecular flexibility index (Phi) is 6.12. The lowest BCUT2D eigenvalue weighted by atomic mass is 9.99. The van der Waals surface area contributed by atoms with E-state index >= 15 is 0 Å². The predicted octanol–water partition coefficient (Wildman–Crippen LogP) is 5.04. The Balaban J connectivity index is 1.37. The number of hydrogen-bond donors (Lipinski definition) is 1. The van der Waals surface area contributed by atoms with Crippen molar-refractivity contribution >= 4 is 17.5 Å². The zero-order valence-electron chi connectivity index (χ0n) is 19.6. The number of nitrogens with zero attached hydrogens (tertiary/aromatic N) is 4. The quantitative estimate of drug-likeness (QED) is 0.634. The van der Waals surface area contributed by atoms with Crippen LogP contribution >= 0.6 is 0 Å². The maximum atomic E-state index is 12.7. The summed E-state index contributed by atoms with van der Waals surface area (Å²) in [5.41, 5.74) is 8.99. The van der Waals surface area contributed by atoms with Gasteiger partial charge in [0.15, 0.2) is 5.82 Å². The Morgan fingerprint density at radius 1 is 0.750 bits per heavy atom. The molecule has 6 nitrogen and oxygen atoms in total. The summed E-state index contributed by atoms with van der Waals surface area (Å²) in [5.74, 6) is 0.851. The predicted molar refractivity (Wildman–Crippen MR) is 130 cm³/mol. The van der Waals surface area contributed by atoms with E-state index in [1.165, 1.54) is 27.8 Å². The molecule has 2 aromatic carbocycles. The van der Waals surface area contributed by atoms with Crippen LogP contribution in [0, 0.1) is 34.6 Å². The topological polar surface area (TPSA) is 61.4 Å². The van der Waals surface area contributed by atoms with Gasteiger partial charge >= 0.3 is 6.03 Å². The fourth-order valence-electron chi connectivity index (χ4n) is 4.03. The minimum absolute atomic E-state index is 0.0560. The van der Waals surface area contributed by atoms with E-state index in [-0.39, 0.29) is 6.03 Å². The summed E-state index contributed by atoms with van der Waals surface area (Å²) in [4.78, 5) is 16.7. The average Bonchev–Trinajstić information content (AvgIpc) is 2.79. The van der Waals surface area contributed by atoms with E-state index in [1.807, 2.05) is 35.2 Å². The largest absolute Gasteiger partial charge is 0.352 e. The fraction of sp³-hybridized carbons (Fsp3) is 0.346. The van der Waals surface area contributed by atoms with Gasteiger partial charge in [0.2, 0.25) is 0 Å². The normalized spacial score (nSPS) is 13.9. The molecule has 2 amide bonds. The number of rotatable bonds is 3. The van der Waals surface area contributed by atoms with E-state index in [0.29, 0.717) is 13.1 Å². The first-order valence-corrected chi connectivity index (χ1v) is 11.1. The first-order chi connectivity index (χ1) is 15.3. The van der Waals surface area contributed by atoms with E-state index in [2.05, 4.69) is 67.2 Å². The van der Waals surface area contributed by atoms with Crippen molar-refractivity contribution in [3.8, 4) is 11.3 Å². The van der Waals surface area contributed by atoms with Crippen molar-refractivity contribution in [1.29, 1.82) is 0 Å². The van der Waals surface area contributed by atoms with Crippen LogP contribution in [0.1, 0.15) is 27.8 Å². The number of piperazine rings is 1. The van der Waals surface area contributed by atoms with Crippen molar-refractivity contribution in [2.75, 3.05) is 36.4 Å². The number of amides is 2. The van der Waals surface area contributed by atoms with Crippen LogP contribution in [0.4, 0.5) is 16.3 Å². The van der Waals surface area contributed by atoms with Gasteiger partial charge in [0.05, 0.1) is 5.69 Å². The molecule has 0 saturated carbocycles. The second-order valence-electron chi connectivity index (χ2n) is 8.73. The Hall–Kier alpha value is -3.41. The molecule has 1 saturated heterocycles. The van der Waals surface area contributed by atoms with Gasteiger partial charge in [-0.15, -0.1) is 10.2 Å². The molecule has 0 spiro atoms. The number of carbonyl (C=O) groups is 1. The summed E-state index contributed by atoms with van der Waals surface area (Å²) in [6.45, 7) is 13.2. The molecule has 32 heavy (non-hydrogen) atoms. The molecule has 166 valence electrons. The number of benzene rings is 2. The van der Waals surface area contributed by atoms with Crippen molar-refractivity contribution < 1.29 is 4.79 Å². The van der Waals surface area contributed by atoms with Gasteiger partial charge < -0.3 is 15.1 Å². The number of carbonyl (C=O) groups excluding carboxylic acids is 1. The lowest BCUT2D eigenvalue weighted by Crippen LogP contribution is -2.50. The lowest BCUT2D eigenvalue weighted by Gasteiger charge is -2.35. The van der Waals surface area contributed by atoms with Gasteiger partial charge in [-0.3, -0.25) is 0 Å². The Labute approximate surface area is 190 Å². The molecule has 1 fully saturated rings. The molecular formula is C26H31N5O. The molecule has 1 N–H and O–H groups in total. The van der Waals surface area contributed by atoms with E-state index < -0.39 is 0 Å². The third-order valence-corrected chi connectivity index (χ3v) is 6.42. The zero-order chi connectivity index (χ0) is 22.8. The lowest BCUT2D eigenvalue weighted by molar-refractivity contribution is 0.208. The van der Waals surface area contributed by atoms with E-state index in [1.54, 1.807) is 0 Å². The third-order valence-electron chi connectivity index (χ3n) is 6.42. The van der Waals surface area contributed by atoms with Gasteiger partial charge in [0.1, 0.15) is 0 Å². The zero-order valence-corrected chi connectivity index (χ0v) is 19.6. The smallest absolute Gasteiger partial charge is 0.321 e. The van der Waals surface area contributed by atoms with Gasteiger partial charge in [-0.1, -0.05) is 12.1 Å². The van der Waals surface area contributed by atoms with E-state index in [0.717, 1.165) is 35.9 Å². The van der Waals surface area contributed by atoms with Crippen molar-refractivity contribution in [1.82, 2.24) is 15.1 Å². The molecule has 0 unspecified atom stereocenters.